The molecule has 0 saturated carbocycles. The van der Waals surface area contributed by atoms with Crippen molar-refractivity contribution in [1.29, 1.82) is 0 Å². The number of pyridine rings is 1. The normalized spacial score (nSPS) is 15.0. The Bertz CT molecular complexity index is 1150. The minimum Gasteiger partial charge on any atom is -0.481 e. The van der Waals surface area contributed by atoms with E-state index in [4.69, 9.17) is 15.2 Å². The van der Waals surface area contributed by atoms with Crippen LogP contribution in [0.15, 0.2) is 54.7 Å². The smallest absolute Gasteiger partial charge is 0.265 e. The quantitative estimate of drug-likeness (QED) is 0.572. The van der Waals surface area contributed by atoms with Crippen molar-refractivity contribution in [3.8, 4) is 5.75 Å². The number of carbonyl (C=O) groups excluding carboxylic acids is 2. The summed E-state index contributed by atoms with van der Waals surface area (Å²) in [5.74, 6) is 0.918. The van der Waals surface area contributed by atoms with E-state index in [1.54, 1.807) is 23.2 Å². The van der Waals surface area contributed by atoms with Crippen molar-refractivity contribution < 1.29 is 19.1 Å². The summed E-state index contributed by atoms with van der Waals surface area (Å²) < 4.78 is 11.3. The summed E-state index contributed by atoms with van der Waals surface area (Å²) in [7, 11) is 0. The number of hydrogen-bond donors (Lipinski definition) is 2. The molecule has 1 saturated heterocycles. The number of benzene rings is 2. The fraction of sp³-hybridized carbons (Fsp3) is 0.320. The molecule has 1 atom stereocenters. The molecule has 1 aliphatic rings. The first-order valence-corrected chi connectivity index (χ1v) is 11.0. The number of carbonyl (C=O) groups is 2. The van der Waals surface area contributed by atoms with E-state index in [9.17, 15) is 9.59 Å². The molecule has 3 aromatic rings. The van der Waals surface area contributed by atoms with Crippen LogP contribution >= 0.6 is 0 Å². The van der Waals surface area contributed by atoms with Crippen LogP contribution in [0.1, 0.15) is 20.3 Å². The Kier molecular flexibility index (Phi) is 6.74. The number of ether oxygens (including phenoxy) is 2. The van der Waals surface area contributed by atoms with Crippen LogP contribution in [-0.2, 0) is 14.3 Å². The molecular formula is C25H28N4O4. The summed E-state index contributed by atoms with van der Waals surface area (Å²) >= 11 is 0. The van der Waals surface area contributed by atoms with Gasteiger partial charge in [0, 0.05) is 29.5 Å². The predicted molar refractivity (Wildman–Crippen MR) is 128 cm³/mol. The third kappa shape index (κ3) is 5.40. The maximum Gasteiger partial charge on any atom is 0.265 e. The monoisotopic (exact) mass is 448 g/mol. The van der Waals surface area contributed by atoms with E-state index in [0.29, 0.717) is 36.8 Å². The highest BCUT2D eigenvalue weighted by Gasteiger charge is 2.23. The number of anilines is 3. The van der Waals surface area contributed by atoms with E-state index in [1.807, 2.05) is 50.2 Å². The number of morpholine rings is 1. The molecule has 33 heavy (non-hydrogen) atoms. The molecule has 0 radical (unpaired) electrons. The van der Waals surface area contributed by atoms with Crippen molar-refractivity contribution in [2.24, 2.45) is 5.92 Å². The van der Waals surface area contributed by atoms with E-state index >= 15 is 0 Å². The van der Waals surface area contributed by atoms with E-state index < -0.39 is 6.10 Å². The van der Waals surface area contributed by atoms with Gasteiger partial charge in [0.2, 0.25) is 0 Å². The second-order valence-electron chi connectivity index (χ2n) is 8.45. The van der Waals surface area contributed by atoms with Gasteiger partial charge in [-0.05, 0) is 60.2 Å². The van der Waals surface area contributed by atoms with E-state index in [2.05, 4.69) is 10.3 Å². The molecule has 8 heteroatoms. The van der Waals surface area contributed by atoms with Crippen LogP contribution in [0.3, 0.4) is 0 Å². The Morgan fingerprint density at radius 2 is 2.00 bits per heavy atom. The van der Waals surface area contributed by atoms with E-state index in [-0.39, 0.29) is 24.3 Å². The van der Waals surface area contributed by atoms with Crippen LogP contribution in [0.4, 0.5) is 17.2 Å². The van der Waals surface area contributed by atoms with Crippen molar-refractivity contribution in [3.63, 3.8) is 0 Å². The molecule has 8 nitrogen and oxygen atoms in total. The number of nitrogens with one attached hydrogen (secondary N) is 1. The first-order valence-electron chi connectivity index (χ1n) is 11.0. The molecule has 2 heterocycles. The van der Waals surface area contributed by atoms with Gasteiger partial charge in [-0.3, -0.25) is 9.59 Å². The van der Waals surface area contributed by atoms with Gasteiger partial charge in [0.05, 0.1) is 6.61 Å². The zero-order valence-electron chi connectivity index (χ0n) is 18.8. The number of fused-ring (bicyclic) bond motifs is 1. The number of rotatable bonds is 7. The van der Waals surface area contributed by atoms with Crippen molar-refractivity contribution in [3.05, 3.63) is 54.7 Å². The topological polar surface area (TPSA) is 107 Å². The second-order valence-corrected chi connectivity index (χ2v) is 8.45. The van der Waals surface area contributed by atoms with Crippen LogP contribution in [0, 0.1) is 5.92 Å². The molecular weight excluding hydrogens is 420 g/mol. The SMILES string of the molecule is CC(C)C[C@H](Oc1ccc2ccnc(N)c2c1)C(=O)Nc1ccc(N2CCOCC2=O)cc1. The van der Waals surface area contributed by atoms with Gasteiger partial charge in [0.25, 0.3) is 11.8 Å². The van der Waals surface area contributed by atoms with Crippen LogP contribution < -0.4 is 20.7 Å². The molecule has 172 valence electrons. The van der Waals surface area contributed by atoms with Crippen LogP contribution in [0.25, 0.3) is 10.8 Å². The lowest BCUT2D eigenvalue weighted by Crippen LogP contribution is -2.41. The lowest BCUT2D eigenvalue weighted by molar-refractivity contribution is -0.125. The van der Waals surface area contributed by atoms with Gasteiger partial charge in [-0.1, -0.05) is 19.9 Å². The van der Waals surface area contributed by atoms with Gasteiger partial charge in [-0.25, -0.2) is 4.98 Å². The zero-order chi connectivity index (χ0) is 23.4. The summed E-state index contributed by atoms with van der Waals surface area (Å²) in [5, 5.41) is 4.67. The van der Waals surface area contributed by atoms with Crippen LogP contribution in [0.2, 0.25) is 0 Å². The number of nitrogens with zero attached hydrogens (tertiary/aromatic N) is 2. The van der Waals surface area contributed by atoms with Gasteiger partial charge in [-0.15, -0.1) is 0 Å². The number of nitrogen functional groups attached to an aromatic ring is 1. The van der Waals surface area contributed by atoms with Crippen molar-refractivity contribution in [1.82, 2.24) is 4.98 Å². The summed E-state index contributed by atoms with van der Waals surface area (Å²) in [6.45, 7) is 5.19. The summed E-state index contributed by atoms with van der Waals surface area (Å²) in [5.41, 5.74) is 7.41. The predicted octanol–water partition coefficient (Wildman–Crippen LogP) is 3.61. The minimum absolute atomic E-state index is 0.0744. The summed E-state index contributed by atoms with van der Waals surface area (Å²) in [4.78, 5) is 30.9. The van der Waals surface area contributed by atoms with E-state index in [0.717, 1.165) is 16.5 Å². The van der Waals surface area contributed by atoms with Gasteiger partial charge in [0.1, 0.15) is 18.2 Å². The highest BCUT2D eigenvalue weighted by Crippen LogP contribution is 2.26. The molecule has 0 aliphatic carbocycles. The van der Waals surface area contributed by atoms with Crippen molar-refractivity contribution in [2.75, 3.05) is 35.7 Å². The fourth-order valence-corrected chi connectivity index (χ4v) is 3.78. The molecule has 0 unspecified atom stereocenters. The van der Waals surface area contributed by atoms with Gasteiger partial charge in [-0.2, -0.15) is 0 Å². The minimum atomic E-state index is -0.680. The number of aromatic nitrogens is 1. The lowest BCUT2D eigenvalue weighted by atomic mass is 10.0. The third-order valence-electron chi connectivity index (χ3n) is 5.46. The summed E-state index contributed by atoms with van der Waals surface area (Å²) in [6.07, 6.45) is 1.53. The highest BCUT2D eigenvalue weighted by molar-refractivity contribution is 5.97. The Morgan fingerprint density at radius 1 is 1.21 bits per heavy atom. The molecule has 1 aliphatic heterocycles. The van der Waals surface area contributed by atoms with Gasteiger partial charge in [0.15, 0.2) is 6.10 Å². The van der Waals surface area contributed by atoms with Crippen molar-refractivity contribution in [2.45, 2.75) is 26.4 Å². The Balaban J connectivity index is 1.47. The molecule has 4 rings (SSSR count). The molecule has 0 spiro atoms. The number of nitrogens with two attached hydrogens (primary N) is 1. The zero-order valence-corrected chi connectivity index (χ0v) is 18.8. The average molecular weight is 449 g/mol. The van der Waals surface area contributed by atoms with Crippen LogP contribution in [-0.4, -0.2) is 42.7 Å². The maximum absolute atomic E-state index is 13.1. The summed E-state index contributed by atoms with van der Waals surface area (Å²) in [6, 6.07) is 14.6. The number of hydrogen-bond acceptors (Lipinski definition) is 6. The first kappa shape index (κ1) is 22.5. The fourth-order valence-electron chi connectivity index (χ4n) is 3.78. The number of amides is 2. The first-order chi connectivity index (χ1) is 15.9. The third-order valence-corrected chi connectivity index (χ3v) is 5.46. The molecule has 1 aromatic heterocycles. The highest BCUT2D eigenvalue weighted by atomic mass is 16.5. The Hall–Kier alpha value is -3.65. The Morgan fingerprint density at radius 3 is 2.73 bits per heavy atom. The lowest BCUT2D eigenvalue weighted by Gasteiger charge is -2.27. The standard InChI is InChI=1S/C25H28N4O4/c1-16(2)13-22(33-20-8-3-17-9-10-27-24(26)21(17)14-20)25(31)28-18-4-6-19(7-5-18)29-11-12-32-15-23(29)30/h3-10,14,16,22H,11-13,15H2,1-2H3,(H2,26,27)(H,28,31)/t22-/m0/s1. The average Bonchev–Trinajstić information content (AvgIpc) is 2.80. The molecule has 3 N–H and O–H groups in total. The molecule has 2 aromatic carbocycles. The molecule has 2 amide bonds. The van der Waals surface area contributed by atoms with Crippen LogP contribution in [0.5, 0.6) is 5.75 Å². The Labute approximate surface area is 192 Å². The van der Waals surface area contributed by atoms with Gasteiger partial charge >= 0.3 is 0 Å². The molecule has 1 fully saturated rings. The largest absolute Gasteiger partial charge is 0.481 e. The van der Waals surface area contributed by atoms with Gasteiger partial charge < -0.3 is 25.4 Å². The molecule has 0 bridgehead atoms. The van der Waals surface area contributed by atoms with E-state index in [1.165, 1.54) is 0 Å². The van der Waals surface area contributed by atoms with Crippen molar-refractivity contribution >= 4 is 39.8 Å². The maximum atomic E-state index is 13.1. The second kappa shape index (κ2) is 9.87.